The van der Waals surface area contributed by atoms with Crippen LogP contribution in [0, 0.1) is 0 Å². The molecule has 0 saturated carbocycles. The molecule has 1 amide bonds. The second-order valence-corrected chi connectivity index (χ2v) is 8.17. The summed E-state index contributed by atoms with van der Waals surface area (Å²) in [6.45, 7) is -0.154. The van der Waals surface area contributed by atoms with Gasteiger partial charge in [-0.15, -0.1) is 22.7 Å². The van der Waals surface area contributed by atoms with E-state index in [1.54, 1.807) is 29.6 Å². The Morgan fingerprint density at radius 1 is 0.867 bits per heavy atom. The third kappa shape index (κ3) is 5.08. The first-order chi connectivity index (χ1) is 13.9. The number of halogens is 6. The lowest BCUT2D eigenvalue weighted by atomic mass is 10.0. The second-order valence-electron chi connectivity index (χ2n) is 6.05. The van der Waals surface area contributed by atoms with E-state index in [0.29, 0.717) is 26.8 Å². The molecule has 0 aliphatic heterocycles. The van der Waals surface area contributed by atoms with Crippen LogP contribution in [0.1, 0.15) is 40.9 Å². The number of hydrogen-bond donors (Lipinski definition) is 1. The van der Waals surface area contributed by atoms with Crippen LogP contribution in [-0.4, -0.2) is 11.7 Å². The molecule has 2 aromatic heterocycles. The van der Waals surface area contributed by atoms with Crippen LogP contribution in [0.3, 0.4) is 0 Å². The van der Waals surface area contributed by atoms with Crippen LogP contribution in [0.2, 0.25) is 0 Å². The topological polar surface area (TPSA) is 46.2 Å². The number of benzene rings is 1. The minimum Gasteiger partial charge on any atom is -0.347 e. The van der Waals surface area contributed by atoms with Crippen LogP contribution in [-0.2, 0) is 18.9 Å². The molecule has 1 N–H and O–H groups in total. The van der Waals surface area contributed by atoms with Gasteiger partial charge >= 0.3 is 12.4 Å². The highest BCUT2D eigenvalue weighted by molar-refractivity contribution is 7.16. The van der Waals surface area contributed by atoms with Gasteiger partial charge in [-0.05, 0) is 41.8 Å². The molecule has 0 radical (unpaired) electrons. The smallest absolute Gasteiger partial charge is 0.347 e. The van der Waals surface area contributed by atoms with E-state index >= 15 is 0 Å². The zero-order chi connectivity index (χ0) is 22.1. The first-order valence-corrected chi connectivity index (χ1v) is 9.89. The van der Waals surface area contributed by atoms with E-state index in [0.717, 1.165) is 11.3 Å². The Hall–Kier alpha value is -2.66. The van der Waals surface area contributed by atoms with Crippen molar-refractivity contribution in [2.24, 2.45) is 0 Å². The molecule has 0 saturated heterocycles. The molecule has 0 unspecified atom stereocenters. The highest BCUT2D eigenvalue weighted by Crippen LogP contribution is 2.36. The normalized spacial score (nSPS) is 12.1. The number of nitrogens with one attached hydrogen (secondary N) is 1. The quantitative estimate of drug-likeness (QED) is 0.372. The SMILES string of the molecule is O=C(NCc1ccc(C(=O)c2cccs2)s1)c1cc(C(F)(F)F)cc(C(F)(F)F)c1. The number of amides is 1. The van der Waals surface area contributed by atoms with Gasteiger partial charge in [0.05, 0.1) is 27.4 Å². The summed E-state index contributed by atoms with van der Waals surface area (Å²) in [5.74, 6) is -1.30. The van der Waals surface area contributed by atoms with Crippen LogP contribution in [0.15, 0.2) is 47.8 Å². The summed E-state index contributed by atoms with van der Waals surface area (Å²) in [6, 6.07) is 7.16. The number of hydrogen-bond acceptors (Lipinski definition) is 4. The minimum atomic E-state index is -5.04. The summed E-state index contributed by atoms with van der Waals surface area (Å²) in [5, 5.41) is 4.03. The molecule has 158 valence electrons. The monoisotopic (exact) mass is 463 g/mol. The minimum absolute atomic E-state index is 0.0431. The van der Waals surface area contributed by atoms with Crippen LogP contribution >= 0.6 is 22.7 Å². The average molecular weight is 463 g/mol. The summed E-state index contributed by atoms with van der Waals surface area (Å²) in [4.78, 5) is 25.9. The van der Waals surface area contributed by atoms with E-state index in [1.165, 1.54) is 11.3 Å². The van der Waals surface area contributed by atoms with Crippen LogP contribution in [0.5, 0.6) is 0 Å². The van der Waals surface area contributed by atoms with Crippen molar-refractivity contribution in [3.8, 4) is 0 Å². The molecule has 0 atom stereocenters. The molecule has 3 nitrogen and oxygen atoms in total. The maximum absolute atomic E-state index is 12.9. The number of ketones is 1. The Morgan fingerprint density at radius 2 is 1.50 bits per heavy atom. The summed E-state index contributed by atoms with van der Waals surface area (Å²) < 4.78 is 77.5. The summed E-state index contributed by atoms with van der Waals surface area (Å²) in [6.07, 6.45) is -10.1. The first-order valence-electron chi connectivity index (χ1n) is 8.20. The fourth-order valence-electron chi connectivity index (χ4n) is 2.48. The van der Waals surface area contributed by atoms with Gasteiger partial charge in [0, 0.05) is 10.4 Å². The molecule has 30 heavy (non-hydrogen) atoms. The first kappa shape index (κ1) is 22.0. The molecule has 0 fully saturated rings. The Balaban J connectivity index is 1.76. The lowest BCUT2D eigenvalue weighted by molar-refractivity contribution is -0.143. The molecular formula is C19H11F6NO2S2. The number of thiophene rings is 2. The molecule has 3 rings (SSSR count). The van der Waals surface area contributed by atoms with Gasteiger partial charge in [0.15, 0.2) is 0 Å². The number of carbonyl (C=O) groups excluding carboxylic acids is 2. The molecule has 1 aromatic carbocycles. The molecule has 0 bridgehead atoms. The summed E-state index contributed by atoms with van der Waals surface area (Å²) in [5.41, 5.74) is -3.89. The summed E-state index contributed by atoms with van der Waals surface area (Å²) >= 11 is 2.33. The predicted octanol–water partition coefficient (Wildman–Crippen LogP) is 6.01. The number of carbonyl (C=O) groups is 2. The largest absolute Gasteiger partial charge is 0.416 e. The van der Waals surface area contributed by atoms with E-state index in [1.807, 2.05) is 0 Å². The van der Waals surface area contributed by atoms with Crippen LogP contribution in [0.25, 0.3) is 0 Å². The molecule has 0 aliphatic carbocycles. The van der Waals surface area contributed by atoms with Crippen molar-refractivity contribution in [2.45, 2.75) is 18.9 Å². The van der Waals surface area contributed by atoms with Crippen molar-refractivity contribution in [1.82, 2.24) is 5.32 Å². The van der Waals surface area contributed by atoms with Crippen LogP contribution < -0.4 is 5.32 Å². The molecule has 3 aromatic rings. The third-order valence-corrected chi connectivity index (χ3v) is 5.86. The van der Waals surface area contributed by atoms with Gasteiger partial charge in [0.25, 0.3) is 5.91 Å². The van der Waals surface area contributed by atoms with Crippen molar-refractivity contribution in [3.05, 3.63) is 79.2 Å². The maximum Gasteiger partial charge on any atom is 0.416 e. The Bertz CT molecular complexity index is 1040. The summed E-state index contributed by atoms with van der Waals surface area (Å²) in [7, 11) is 0. The van der Waals surface area contributed by atoms with Gasteiger partial charge in [-0.1, -0.05) is 6.07 Å². The number of alkyl halides is 6. The average Bonchev–Trinajstić information content (AvgIpc) is 3.36. The zero-order valence-electron chi connectivity index (χ0n) is 14.7. The van der Waals surface area contributed by atoms with Crippen LogP contribution in [0.4, 0.5) is 26.3 Å². The van der Waals surface area contributed by atoms with Gasteiger partial charge in [-0.2, -0.15) is 26.3 Å². The predicted molar refractivity (Wildman–Crippen MR) is 99.7 cm³/mol. The fourth-order valence-corrected chi connectivity index (χ4v) is 4.12. The highest BCUT2D eigenvalue weighted by atomic mass is 32.1. The molecule has 0 aliphatic rings. The Labute approximate surface area is 174 Å². The van der Waals surface area contributed by atoms with E-state index in [4.69, 9.17) is 0 Å². The fraction of sp³-hybridized carbons (Fsp3) is 0.158. The lowest BCUT2D eigenvalue weighted by Gasteiger charge is -2.14. The highest BCUT2D eigenvalue weighted by Gasteiger charge is 2.37. The maximum atomic E-state index is 12.9. The van der Waals surface area contributed by atoms with Gasteiger partial charge in [-0.25, -0.2) is 0 Å². The Morgan fingerprint density at radius 3 is 2.03 bits per heavy atom. The Kier molecular flexibility index (Phi) is 6.04. The van der Waals surface area contributed by atoms with Gasteiger partial charge in [0.2, 0.25) is 5.78 Å². The molecule has 0 spiro atoms. The van der Waals surface area contributed by atoms with E-state index in [9.17, 15) is 35.9 Å². The van der Waals surface area contributed by atoms with Crippen molar-refractivity contribution >= 4 is 34.4 Å². The second kappa shape index (κ2) is 8.23. The zero-order valence-corrected chi connectivity index (χ0v) is 16.4. The molecule has 11 heteroatoms. The van der Waals surface area contributed by atoms with E-state index < -0.39 is 35.0 Å². The van der Waals surface area contributed by atoms with E-state index in [-0.39, 0.29) is 18.4 Å². The molecule has 2 heterocycles. The van der Waals surface area contributed by atoms with Crippen molar-refractivity contribution in [3.63, 3.8) is 0 Å². The third-order valence-electron chi connectivity index (χ3n) is 3.90. The van der Waals surface area contributed by atoms with Crippen molar-refractivity contribution in [1.29, 1.82) is 0 Å². The van der Waals surface area contributed by atoms with Gasteiger partial charge < -0.3 is 5.32 Å². The van der Waals surface area contributed by atoms with Gasteiger partial charge in [-0.3, -0.25) is 9.59 Å². The van der Waals surface area contributed by atoms with Gasteiger partial charge in [0.1, 0.15) is 0 Å². The number of rotatable bonds is 5. The molecular weight excluding hydrogens is 452 g/mol. The van der Waals surface area contributed by atoms with Crippen molar-refractivity contribution < 1.29 is 35.9 Å². The lowest BCUT2D eigenvalue weighted by Crippen LogP contribution is -2.24. The van der Waals surface area contributed by atoms with Crippen molar-refractivity contribution in [2.75, 3.05) is 0 Å². The van der Waals surface area contributed by atoms with E-state index in [2.05, 4.69) is 5.32 Å². The standard InChI is InChI=1S/C19H11F6NO2S2/c20-18(21,22)11-6-10(7-12(8-11)19(23,24)25)17(28)26-9-13-3-4-15(30-13)16(27)14-2-1-5-29-14/h1-8H,9H2,(H,26,28).